The minimum Gasteiger partial charge on any atom is -0.308 e. The predicted octanol–water partition coefficient (Wildman–Crippen LogP) is 2.33. The van der Waals surface area contributed by atoms with E-state index in [0.717, 1.165) is 6.54 Å². The Bertz CT molecular complexity index is 478. The zero-order chi connectivity index (χ0) is 13.0. The second-order valence-corrected chi connectivity index (χ2v) is 4.76. The topological polar surface area (TPSA) is 42.7 Å². The molecule has 0 aliphatic heterocycles. The Morgan fingerprint density at radius 3 is 2.61 bits per heavy atom. The summed E-state index contributed by atoms with van der Waals surface area (Å²) in [5.41, 5.74) is 2.45. The standard InChI is InChI=1S/C14H20N4/c1-11-8-17-18(10-11)13(3)12(2)16-9-14-4-6-15-7-5-14/h4-8,10,12-13,16H,9H2,1-3H3/t12-,13-/m1/s1. The molecule has 0 saturated carbocycles. The molecule has 0 amide bonds. The molecule has 2 heterocycles. The lowest BCUT2D eigenvalue weighted by atomic mass is 10.1. The van der Waals surface area contributed by atoms with Gasteiger partial charge in [0.2, 0.25) is 0 Å². The molecule has 2 rings (SSSR count). The van der Waals surface area contributed by atoms with Gasteiger partial charge in [-0.15, -0.1) is 0 Å². The van der Waals surface area contributed by atoms with Gasteiger partial charge in [0.05, 0.1) is 12.2 Å². The third-order valence-corrected chi connectivity index (χ3v) is 3.25. The Kier molecular flexibility index (Phi) is 4.10. The Hall–Kier alpha value is -1.68. The molecule has 4 heteroatoms. The van der Waals surface area contributed by atoms with Gasteiger partial charge in [-0.3, -0.25) is 9.67 Å². The molecule has 4 nitrogen and oxygen atoms in total. The van der Waals surface area contributed by atoms with Crippen LogP contribution in [-0.4, -0.2) is 20.8 Å². The molecule has 0 fully saturated rings. The van der Waals surface area contributed by atoms with Crippen molar-refractivity contribution >= 4 is 0 Å². The lowest BCUT2D eigenvalue weighted by molar-refractivity contribution is 0.365. The molecule has 18 heavy (non-hydrogen) atoms. The zero-order valence-corrected chi connectivity index (χ0v) is 11.2. The number of aromatic nitrogens is 3. The monoisotopic (exact) mass is 244 g/mol. The van der Waals surface area contributed by atoms with Crippen molar-refractivity contribution in [3.63, 3.8) is 0 Å². The van der Waals surface area contributed by atoms with Crippen molar-refractivity contribution in [2.75, 3.05) is 0 Å². The highest BCUT2D eigenvalue weighted by Gasteiger charge is 2.13. The van der Waals surface area contributed by atoms with Gasteiger partial charge in [0, 0.05) is 31.2 Å². The summed E-state index contributed by atoms with van der Waals surface area (Å²) in [5.74, 6) is 0. The third kappa shape index (κ3) is 3.17. The number of rotatable bonds is 5. The Morgan fingerprint density at radius 2 is 2.00 bits per heavy atom. The van der Waals surface area contributed by atoms with Crippen molar-refractivity contribution in [1.29, 1.82) is 0 Å². The maximum absolute atomic E-state index is 4.36. The van der Waals surface area contributed by atoms with E-state index in [1.54, 1.807) is 0 Å². The van der Waals surface area contributed by atoms with Gasteiger partial charge in [0.1, 0.15) is 0 Å². The van der Waals surface area contributed by atoms with Crippen LogP contribution < -0.4 is 5.32 Å². The van der Waals surface area contributed by atoms with Crippen molar-refractivity contribution in [3.8, 4) is 0 Å². The van der Waals surface area contributed by atoms with E-state index in [1.807, 2.05) is 35.4 Å². The molecule has 2 atom stereocenters. The van der Waals surface area contributed by atoms with E-state index in [9.17, 15) is 0 Å². The summed E-state index contributed by atoms with van der Waals surface area (Å²) in [5, 5.41) is 7.88. The molecular formula is C14H20N4. The van der Waals surface area contributed by atoms with E-state index < -0.39 is 0 Å². The van der Waals surface area contributed by atoms with Gasteiger partial charge in [-0.1, -0.05) is 0 Å². The summed E-state index contributed by atoms with van der Waals surface area (Å²) >= 11 is 0. The van der Waals surface area contributed by atoms with E-state index in [2.05, 4.69) is 42.4 Å². The summed E-state index contributed by atoms with van der Waals surface area (Å²) in [4.78, 5) is 4.02. The second kappa shape index (κ2) is 5.78. The number of hydrogen-bond acceptors (Lipinski definition) is 3. The quantitative estimate of drug-likeness (QED) is 0.877. The van der Waals surface area contributed by atoms with Gasteiger partial charge >= 0.3 is 0 Å². The Labute approximate surface area is 108 Å². The normalized spacial score (nSPS) is 14.4. The van der Waals surface area contributed by atoms with Gasteiger partial charge in [0.15, 0.2) is 0 Å². The van der Waals surface area contributed by atoms with Crippen LogP contribution in [0.3, 0.4) is 0 Å². The molecule has 96 valence electrons. The average molecular weight is 244 g/mol. The molecule has 0 spiro atoms. The van der Waals surface area contributed by atoms with Crippen molar-refractivity contribution in [2.24, 2.45) is 0 Å². The first-order valence-corrected chi connectivity index (χ1v) is 6.30. The highest BCUT2D eigenvalue weighted by Crippen LogP contribution is 2.11. The number of pyridine rings is 1. The van der Waals surface area contributed by atoms with Crippen molar-refractivity contribution in [1.82, 2.24) is 20.1 Å². The van der Waals surface area contributed by atoms with Crippen LogP contribution >= 0.6 is 0 Å². The maximum Gasteiger partial charge on any atom is 0.0641 e. The first-order valence-electron chi connectivity index (χ1n) is 6.30. The highest BCUT2D eigenvalue weighted by atomic mass is 15.3. The Morgan fingerprint density at radius 1 is 1.28 bits per heavy atom. The van der Waals surface area contributed by atoms with Crippen molar-refractivity contribution in [2.45, 2.75) is 39.4 Å². The third-order valence-electron chi connectivity index (χ3n) is 3.25. The molecule has 0 aromatic carbocycles. The maximum atomic E-state index is 4.36. The molecule has 0 aliphatic rings. The molecule has 2 aromatic rings. The molecule has 1 N–H and O–H groups in total. The summed E-state index contributed by atoms with van der Waals surface area (Å²) in [6.07, 6.45) is 7.62. The second-order valence-electron chi connectivity index (χ2n) is 4.76. The van der Waals surface area contributed by atoms with Gasteiger partial charge in [-0.2, -0.15) is 5.10 Å². The molecular weight excluding hydrogens is 224 g/mol. The average Bonchev–Trinajstić information content (AvgIpc) is 2.83. The van der Waals surface area contributed by atoms with Gasteiger partial charge < -0.3 is 5.32 Å². The minimum absolute atomic E-state index is 0.334. The van der Waals surface area contributed by atoms with Crippen LogP contribution in [0.4, 0.5) is 0 Å². The van der Waals surface area contributed by atoms with Crippen LogP contribution in [0, 0.1) is 6.92 Å². The van der Waals surface area contributed by atoms with Crippen LogP contribution in [0.2, 0.25) is 0 Å². The lowest BCUT2D eigenvalue weighted by Crippen LogP contribution is -2.33. The van der Waals surface area contributed by atoms with E-state index >= 15 is 0 Å². The van der Waals surface area contributed by atoms with Crippen LogP contribution in [-0.2, 0) is 6.54 Å². The van der Waals surface area contributed by atoms with Crippen LogP contribution in [0.5, 0.6) is 0 Å². The van der Waals surface area contributed by atoms with Crippen molar-refractivity contribution in [3.05, 3.63) is 48.0 Å². The van der Waals surface area contributed by atoms with E-state index in [1.165, 1.54) is 11.1 Å². The first kappa shape index (κ1) is 12.8. The fourth-order valence-corrected chi connectivity index (χ4v) is 1.83. The van der Waals surface area contributed by atoms with Gasteiger partial charge in [-0.05, 0) is 44.0 Å². The summed E-state index contributed by atoms with van der Waals surface area (Å²) in [6, 6.07) is 4.75. The summed E-state index contributed by atoms with van der Waals surface area (Å²) in [7, 11) is 0. The molecule has 0 bridgehead atoms. The minimum atomic E-state index is 0.334. The predicted molar refractivity (Wildman–Crippen MR) is 72.2 cm³/mol. The van der Waals surface area contributed by atoms with Crippen molar-refractivity contribution < 1.29 is 0 Å². The lowest BCUT2D eigenvalue weighted by Gasteiger charge is -2.21. The van der Waals surface area contributed by atoms with E-state index in [-0.39, 0.29) is 0 Å². The Balaban J connectivity index is 1.90. The molecule has 0 saturated heterocycles. The molecule has 0 radical (unpaired) electrons. The molecule has 2 aromatic heterocycles. The van der Waals surface area contributed by atoms with Gasteiger partial charge in [-0.25, -0.2) is 0 Å². The number of nitrogens with one attached hydrogen (secondary N) is 1. The van der Waals surface area contributed by atoms with Crippen LogP contribution in [0.25, 0.3) is 0 Å². The largest absolute Gasteiger partial charge is 0.308 e. The summed E-state index contributed by atoms with van der Waals surface area (Å²) in [6.45, 7) is 7.28. The molecule has 0 aliphatic carbocycles. The van der Waals surface area contributed by atoms with E-state index in [0.29, 0.717) is 12.1 Å². The highest BCUT2D eigenvalue weighted by molar-refractivity contribution is 5.09. The fraction of sp³-hybridized carbons (Fsp3) is 0.429. The van der Waals surface area contributed by atoms with Gasteiger partial charge in [0.25, 0.3) is 0 Å². The van der Waals surface area contributed by atoms with Crippen LogP contribution in [0.1, 0.15) is 31.0 Å². The molecule has 0 unspecified atom stereocenters. The van der Waals surface area contributed by atoms with E-state index in [4.69, 9.17) is 0 Å². The summed E-state index contributed by atoms with van der Waals surface area (Å²) < 4.78 is 2.01. The zero-order valence-electron chi connectivity index (χ0n) is 11.2. The fourth-order valence-electron chi connectivity index (χ4n) is 1.83. The number of aryl methyl sites for hydroxylation is 1. The number of hydrogen-bond donors (Lipinski definition) is 1. The SMILES string of the molecule is Cc1cnn([C@H](C)[C@@H](C)NCc2ccncc2)c1. The van der Waals surface area contributed by atoms with Crippen LogP contribution in [0.15, 0.2) is 36.9 Å². The number of nitrogens with zero attached hydrogens (tertiary/aromatic N) is 3. The smallest absolute Gasteiger partial charge is 0.0641 e. The first-order chi connectivity index (χ1) is 8.66.